The zero-order valence-electron chi connectivity index (χ0n) is 13.6. The minimum Gasteiger partial charge on any atom is -0.496 e. The van der Waals surface area contributed by atoms with Gasteiger partial charge in [0.1, 0.15) is 5.75 Å². The van der Waals surface area contributed by atoms with E-state index in [9.17, 15) is 4.79 Å². The van der Waals surface area contributed by atoms with Gasteiger partial charge in [-0.05, 0) is 70.6 Å². The largest absolute Gasteiger partial charge is 0.496 e. The molecule has 5 nitrogen and oxygen atoms in total. The van der Waals surface area contributed by atoms with Crippen LogP contribution in [0.25, 0.3) is 0 Å². The average molecular weight is 408 g/mol. The number of anilines is 2. The molecule has 0 unspecified atom stereocenters. The van der Waals surface area contributed by atoms with Crippen molar-refractivity contribution in [2.45, 2.75) is 0 Å². The van der Waals surface area contributed by atoms with Crippen molar-refractivity contribution in [3.63, 3.8) is 0 Å². The van der Waals surface area contributed by atoms with E-state index in [2.05, 4.69) is 26.6 Å². The molecule has 7 heteroatoms. The highest BCUT2D eigenvalue weighted by molar-refractivity contribution is 9.10. The molecular formula is C17H18BrN3O2S. The number of rotatable bonds is 4. The summed E-state index contributed by atoms with van der Waals surface area (Å²) in [5.74, 6) is 0.369. The van der Waals surface area contributed by atoms with E-state index in [4.69, 9.17) is 17.0 Å². The Labute approximate surface area is 155 Å². The molecule has 1 amide bonds. The van der Waals surface area contributed by atoms with E-state index in [1.54, 1.807) is 25.3 Å². The fourth-order valence-electron chi connectivity index (χ4n) is 1.99. The maximum Gasteiger partial charge on any atom is 0.257 e. The molecule has 0 fully saturated rings. The second-order valence-corrected chi connectivity index (χ2v) is 6.46. The molecule has 0 aliphatic heterocycles. The van der Waals surface area contributed by atoms with Crippen LogP contribution < -0.4 is 20.3 Å². The lowest BCUT2D eigenvalue weighted by Gasteiger charge is -2.14. The van der Waals surface area contributed by atoms with Crippen LogP contribution in [0.3, 0.4) is 0 Å². The first kappa shape index (κ1) is 18.2. The van der Waals surface area contributed by atoms with Crippen LogP contribution in [0.2, 0.25) is 0 Å². The Morgan fingerprint density at radius 1 is 1.17 bits per heavy atom. The Morgan fingerprint density at radius 2 is 1.83 bits per heavy atom. The molecule has 0 saturated heterocycles. The van der Waals surface area contributed by atoms with Crippen molar-refractivity contribution in [1.29, 1.82) is 0 Å². The van der Waals surface area contributed by atoms with Gasteiger partial charge in [-0.2, -0.15) is 0 Å². The van der Waals surface area contributed by atoms with Crippen LogP contribution in [0.1, 0.15) is 10.4 Å². The number of hydrogen-bond donors (Lipinski definition) is 2. The molecule has 0 aromatic heterocycles. The Kier molecular flexibility index (Phi) is 6.16. The standard InChI is InChI=1S/C17H18BrN3O2S/c1-21(2)13-7-5-12(6-8-13)19-17(24)20-16(22)11-4-9-15(23-3)14(18)10-11/h4-10H,1-3H3,(H2,19,20,22,24). The maximum atomic E-state index is 12.2. The normalized spacial score (nSPS) is 10.0. The van der Waals surface area contributed by atoms with E-state index in [0.717, 1.165) is 11.4 Å². The number of carbonyl (C=O) groups is 1. The van der Waals surface area contributed by atoms with Crippen LogP contribution in [0.4, 0.5) is 11.4 Å². The number of nitrogens with one attached hydrogen (secondary N) is 2. The van der Waals surface area contributed by atoms with E-state index in [-0.39, 0.29) is 11.0 Å². The van der Waals surface area contributed by atoms with E-state index in [1.807, 2.05) is 43.3 Å². The monoisotopic (exact) mass is 407 g/mol. The summed E-state index contributed by atoms with van der Waals surface area (Å²) in [7, 11) is 5.51. The second-order valence-electron chi connectivity index (χ2n) is 5.20. The molecule has 2 N–H and O–H groups in total. The van der Waals surface area contributed by atoms with Gasteiger partial charge >= 0.3 is 0 Å². The molecule has 0 heterocycles. The Hall–Kier alpha value is -2.12. The van der Waals surface area contributed by atoms with Crippen LogP contribution in [-0.2, 0) is 0 Å². The first-order valence-corrected chi connectivity index (χ1v) is 8.34. The predicted octanol–water partition coefficient (Wildman–Crippen LogP) is 3.65. The third kappa shape index (κ3) is 4.69. The van der Waals surface area contributed by atoms with Gasteiger partial charge in [-0.1, -0.05) is 0 Å². The van der Waals surface area contributed by atoms with E-state index >= 15 is 0 Å². The predicted molar refractivity (Wildman–Crippen MR) is 105 cm³/mol. The molecule has 0 spiro atoms. The second kappa shape index (κ2) is 8.12. The number of carbonyl (C=O) groups excluding carboxylic acids is 1. The molecule has 2 aromatic carbocycles. The molecule has 0 bridgehead atoms. The Bertz CT molecular complexity index is 748. The molecule has 0 aliphatic carbocycles. The lowest BCUT2D eigenvalue weighted by atomic mass is 10.2. The minimum absolute atomic E-state index is 0.240. The average Bonchev–Trinajstić information content (AvgIpc) is 2.55. The lowest BCUT2D eigenvalue weighted by Crippen LogP contribution is -2.34. The van der Waals surface area contributed by atoms with Gasteiger partial charge in [0.05, 0.1) is 11.6 Å². The summed E-state index contributed by atoms with van der Waals surface area (Å²) in [6.07, 6.45) is 0. The number of methoxy groups -OCH3 is 1. The minimum atomic E-state index is -0.291. The van der Waals surface area contributed by atoms with Crippen molar-refractivity contribution in [3.8, 4) is 5.75 Å². The van der Waals surface area contributed by atoms with E-state index in [1.165, 1.54) is 0 Å². The third-order valence-corrected chi connectivity index (χ3v) is 4.11. The molecule has 0 atom stereocenters. The summed E-state index contributed by atoms with van der Waals surface area (Å²) in [6.45, 7) is 0. The SMILES string of the molecule is COc1ccc(C(=O)NC(=S)Nc2ccc(N(C)C)cc2)cc1Br. The summed E-state index contributed by atoms with van der Waals surface area (Å²) in [6, 6.07) is 12.8. The maximum absolute atomic E-state index is 12.2. The van der Waals surface area contributed by atoms with Crippen molar-refractivity contribution >= 4 is 50.5 Å². The summed E-state index contributed by atoms with van der Waals surface area (Å²) in [5.41, 5.74) is 2.37. The van der Waals surface area contributed by atoms with Gasteiger partial charge in [0.2, 0.25) is 0 Å². The Morgan fingerprint density at radius 3 is 2.38 bits per heavy atom. The number of benzene rings is 2. The van der Waals surface area contributed by atoms with Crippen molar-refractivity contribution in [3.05, 3.63) is 52.5 Å². The van der Waals surface area contributed by atoms with Gasteiger partial charge < -0.3 is 15.0 Å². The quantitative estimate of drug-likeness (QED) is 0.757. The number of halogens is 1. The lowest BCUT2D eigenvalue weighted by molar-refractivity contribution is 0.0977. The van der Waals surface area contributed by atoms with Crippen molar-refractivity contribution in [2.24, 2.45) is 0 Å². The molecule has 0 radical (unpaired) electrons. The van der Waals surface area contributed by atoms with Crippen molar-refractivity contribution in [2.75, 3.05) is 31.4 Å². The topological polar surface area (TPSA) is 53.6 Å². The number of hydrogen-bond acceptors (Lipinski definition) is 4. The van der Waals surface area contributed by atoms with Gasteiger partial charge in [0, 0.05) is 31.0 Å². The Balaban J connectivity index is 1.98. The molecule has 2 rings (SSSR count). The number of nitrogens with zero attached hydrogens (tertiary/aromatic N) is 1. The molecule has 0 aliphatic rings. The van der Waals surface area contributed by atoms with E-state index < -0.39 is 0 Å². The zero-order chi connectivity index (χ0) is 17.7. The molecule has 126 valence electrons. The first-order valence-electron chi connectivity index (χ1n) is 7.14. The highest BCUT2D eigenvalue weighted by Gasteiger charge is 2.10. The number of amides is 1. The van der Waals surface area contributed by atoms with Gasteiger partial charge in [0.25, 0.3) is 5.91 Å². The summed E-state index contributed by atoms with van der Waals surface area (Å²) >= 11 is 8.54. The smallest absolute Gasteiger partial charge is 0.257 e. The van der Waals surface area contributed by atoms with Crippen LogP contribution in [0, 0.1) is 0 Å². The van der Waals surface area contributed by atoms with Crippen LogP contribution in [0.5, 0.6) is 5.75 Å². The summed E-state index contributed by atoms with van der Waals surface area (Å²) in [5, 5.41) is 5.89. The van der Waals surface area contributed by atoms with Gasteiger partial charge in [-0.3, -0.25) is 10.1 Å². The van der Waals surface area contributed by atoms with Crippen molar-refractivity contribution in [1.82, 2.24) is 5.32 Å². The van der Waals surface area contributed by atoms with E-state index in [0.29, 0.717) is 15.8 Å². The van der Waals surface area contributed by atoms with Gasteiger partial charge in [-0.25, -0.2) is 0 Å². The van der Waals surface area contributed by atoms with Gasteiger partial charge in [-0.15, -0.1) is 0 Å². The first-order chi connectivity index (χ1) is 11.4. The zero-order valence-corrected chi connectivity index (χ0v) is 16.0. The fourth-order valence-corrected chi connectivity index (χ4v) is 2.74. The van der Waals surface area contributed by atoms with Crippen LogP contribution in [0.15, 0.2) is 46.9 Å². The summed E-state index contributed by atoms with van der Waals surface area (Å²) in [4.78, 5) is 14.2. The highest BCUT2D eigenvalue weighted by Crippen LogP contribution is 2.25. The number of thiocarbonyl (C=S) groups is 1. The fraction of sp³-hybridized carbons (Fsp3) is 0.176. The summed E-state index contributed by atoms with van der Waals surface area (Å²) < 4.78 is 5.85. The molecular weight excluding hydrogens is 390 g/mol. The molecule has 24 heavy (non-hydrogen) atoms. The highest BCUT2D eigenvalue weighted by atomic mass is 79.9. The van der Waals surface area contributed by atoms with Crippen molar-refractivity contribution < 1.29 is 9.53 Å². The van der Waals surface area contributed by atoms with Crippen LogP contribution >= 0.6 is 28.1 Å². The van der Waals surface area contributed by atoms with Gasteiger partial charge in [0.15, 0.2) is 5.11 Å². The van der Waals surface area contributed by atoms with Crippen LogP contribution in [-0.4, -0.2) is 32.2 Å². The number of ether oxygens (including phenoxy) is 1. The third-order valence-electron chi connectivity index (χ3n) is 3.28. The molecule has 2 aromatic rings. The molecule has 0 saturated carbocycles.